The van der Waals surface area contributed by atoms with E-state index in [1.807, 2.05) is 0 Å². The number of thiophene rings is 1. The molecule has 0 aliphatic heterocycles. The first kappa shape index (κ1) is 14.7. The molecule has 2 aromatic rings. The van der Waals surface area contributed by atoms with Crippen LogP contribution in [-0.2, 0) is 12.4 Å². The van der Waals surface area contributed by atoms with Crippen molar-refractivity contribution in [2.75, 3.05) is 0 Å². The van der Waals surface area contributed by atoms with E-state index in [1.54, 1.807) is 0 Å². The lowest BCUT2D eigenvalue weighted by Crippen LogP contribution is -2.10. The summed E-state index contributed by atoms with van der Waals surface area (Å²) in [5, 5.41) is 2.76. The minimum Gasteiger partial charge on any atom is -0.447 e. The number of hydrogen-bond acceptors (Lipinski definition) is 2. The van der Waals surface area contributed by atoms with E-state index in [1.165, 1.54) is 12.1 Å². The first-order chi connectivity index (χ1) is 9.16. The Labute approximate surface area is 113 Å². The van der Waals surface area contributed by atoms with Crippen LogP contribution in [-0.4, -0.2) is 0 Å². The minimum atomic E-state index is -4.89. The molecule has 1 aromatic carbocycles. The Morgan fingerprint density at radius 1 is 0.900 bits per heavy atom. The smallest absolute Gasteiger partial charge is 0.416 e. The molecular weight excluding hydrogens is 306 g/mol. The van der Waals surface area contributed by atoms with E-state index in [9.17, 15) is 26.3 Å². The summed E-state index contributed by atoms with van der Waals surface area (Å²) in [6, 6.07) is 3.92. The maximum absolute atomic E-state index is 12.6. The number of benzene rings is 1. The van der Waals surface area contributed by atoms with Gasteiger partial charge in [-0.25, -0.2) is 0 Å². The van der Waals surface area contributed by atoms with Gasteiger partial charge in [0.1, 0.15) is 5.75 Å². The molecule has 0 atom stereocenters. The maximum atomic E-state index is 12.6. The number of halogens is 6. The fourth-order valence-electron chi connectivity index (χ4n) is 1.38. The van der Waals surface area contributed by atoms with Crippen LogP contribution < -0.4 is 4.74 Å². The van der Waals surface area contributed by atoms with E-state index >= 15 is 0 Å². The highest BCUT2D eigenvalue weighted by Crippen LogP contribution is 2.39. The SMILES string of the molecule is FC(F)(F)c1cc(Oc2cc[c]s2)cc(C(F)(F)F)c1. The second kappa shape index (κ2) is 5.01. The number of rotatable bonds is 2. The predicted octanol–water partition coefficient (Wildman–Crippen LogP) is 5.38. The van der Waals surface area contributed by atoms with E-state index in [-0.39, 0.29) is 11.1 Å². The van der Waals surface area contributed by atoms with Crippen LogP contribution in [0.2, 0.25) is 0 Å². The molecule has 1 nitrogen and oxygen atoms in total. The summed E-state index contributed by atoms with van der Waals surface area (Å²) in [6.45, 7) is 0. The second-order valence-corrected chi connectivity index (χ2v) is 4.56. The third-order valence-electron chi connectivity index (χ3n) is 2.23. The molecule has 0 saturated heterocycles. The third-order valence-corrected chi connectivity index (χ3v) is 2.90. The summed E-state index contributed by atoms with van der Waals surface area (Å²) in [4.78, 5) is 0. The molecule has 0 aliphatic rings. The molecule has 1 heterocycles. The van der Waals surface area contributed by atoms with Crippen molar-refractivity contribution in [3.05, 3.63) is 46.8 Å². The van der Waals surface area contributed by atoms with Gasteiger partial charge in [0.2, 0.25) is 0 Å². The summed E-state index contributed by atoms with van der Waals surface area (Å²) < 4.78 is 80.5. The van der Waals surface area contributed by atoms with Crippen LogP contribution in [0.5, 0.6) is 10.8 Å². The molecule has 0 amide bonds. The van der Waals surface area contributed by atoms with Crippen LogP contribution in [0.3, 0.4) is 0 Å². The van der Waals surface area contributed by atoms with Gasteiger partial charge in [-0.05, 0) is 30.3 Å². The Morgan fingerprint density at radius 3 is 1.85 bits per heavy atom. The van der Waals surface area contributed by atoms with Crippen LogP contribution in [0.15, 0.2) is 30.3 Å². The largest absolute Gasteiger partial charge is 0.447 e. The number of hydrogen-bond donors (Lipinski definition) is 0. The molecule has 0 saturated carbocycles. The summed E-state index contributed by atoms with van der Waals surface area (Å²) in [6.07, 6.45) is -9.78. The third kappa shape index (κ3) is 3.44. The van der Waals surface area contributed by atoms with Gasteiger partial charge in [-0.15, -0.1) is 0 Å². The molecule has 0 unspecified atom stereocenters. The molecule has 20 heavy (non-hydrogen) atoms. The lowest BCUT2D eigenvalue weighted by Gasteiger charge is -2.14. The standard InChI is InChI=1S/C12H5F6OS/c13-11(14,15)7-4-8(12(16,17)18)6-9(5-7)19-10-2-1-3-20-10/h1-2,4-6H. The highest BCUT2D eigenvalue weighted by atomic mass is 32.1. The normalized spacial score (nSPS) is 12.5. The highest BCUT2D eigenvalue weighted by Gasteiger charge is 2.37. The molecule has 1 radical (unpaired) electrons. The molecule has 0 aliphatic carbocycles. The summed E-state index contributed by atoms with van der Waals surface area (Å²) in [5.74, 6) is -0.525. The lowest BCUT2D eigenvalue weighted by atomic mass is 10.1. The summed E-state index contributed by atoms with van der Waals surface area (Å²) >= 11 is 0.935. The summed E-state index contributed by atoms with van der Waals surface area (Å²) in [5.41, 5.74) is -2.83. The van der Waals surface area contributed by atoms with Gasteiger partial charge in [-0.1, -0.05) is 11.3 Å². The highest BCUT2D eigenvalue weighted by molar-refractivity contribution is 7.11. The van der Waals surface area contributed by atoms with Crippen molar-refractivity contribution in [3.8, 4) is 10.8 Å². The molecule has 107 valence electrons. The quantitative estimate of drug-likeness (QED) is 0.677. The van der Waals surface area contributed by atoms with Gasteiger partial charge in [-0.2, -0.15) is 26.3 Å². The molecule has 0 N–H and O–H groups in total. The maximum Gasteiger partial charge on any atom is 0.416 e. The van der Waals surface area contributed by atoms with E-state index in [0.717, 1.165) is 11.3 Å². The van der Waals surface area contributed by atoms with Crippen LogP contribution in [0.4, 0.5) is 26.3 Å². The molecule has 2 rings (SSSR count). The Hall–Kier alpha value is -1.70. The van der Waals surface area contributed by atoms with Crippen LogP contribution in [0, 0.1) is 5.38 Å². The minimum absolute atomic E-state index is 0.0490. The van der Waals surface area contributed by atoms with E-state index in [2.05, 4.69) is 5.38 Å². The Bertz CT molecular complexity index is 553. The molecule has 1 aromatic heterocycles. The lowest BCUT2D eigenvalue weighted by molar-refractivity contribution is -0.143. The van der Waals surface area contributed by atoms with Crippen molar-refractivity contribution < 1.29 is 31.1 Å². The Morgan fingerprint density at radius 2 is 1.45 bits per heavy atom. The van der Waals surface area contributed by atoms with Gasteiger partial charge in [-0.3, -0.25) is 0 Å². The first-order valence-corrected chi connectivity index (χ1v) is 5.91. The van der Waals surface area contributed by atoms with Crippen molar-refractivity contribution in [1.82, 2.24) is 0 Å². The zero-order valence-corrected chi connectivity index (χ0v) is 10.3. The number of ether oxygens (including phenoxy) is 1. The van der Waals surface area contributed by atoms with Gasteiger partial charge in [0.15, 0.2) is 5.06 Å². The topological polar surface area (TPSA) is 9.23 Å². The van der Waals surface area contributed by atoms with E-state index in [0.29, 0.717) is 12.1 Å². The van der Waals surface area contributed by atoms with Crippen molar-refractivity contribution in [2.45, 2.75) is 12.4 Å². The van der Waals surface area contributed by atoms with Crippen LogP contribution in [0.1, 0.15) is 11.1 Å². The van der Waals surface area contributed by atoms with Gasteiger partial charge in [0.25, 0.3) is 0 Å². The molecule has 0 spiro atoms. The summed E-state index contributed by atoms with van der Waals surface area (Å²) in [7, 11) is 0. The van der Waals surface area contributed by atoms with Crippen molar-refractivity contribution in [1.29, 1.82) is 0 Å². The first-order valence-electron chi connectivity index (χ1n) is 5.09. The van der Waals surface area contributed by atoms with Gasteiger partial charge in [0.05, 0.1) is 11.1 Å². The fourth-order valence-corrected chi connectivity index (χ4v) is 1.91. The predicted molar refractivity (Wildman–Crippen MR) is 59.7 cm³/mol. The van der Waals surface area contributed by atoms with Crippen LogP contribution >= 0.6 is 11.3 Å². The molecule has 0 bridgehead atoms. The Balaban J connectivity index is 2.46. The average molecular weight is 311 g/mol. The van der Waals surface area contributed by atoms with Crippen molar-refractivity contribution in [2.24, 2.45) is 0 Å². The van der Waals surface area contributed by atoms with Gasteiger partial charge >= 0.3 is 12.4 Å². The van der Waals surface area contributed by atoms with E-state index < -0.39 is 29.2 Å². The van der Waals surface area contributed by atoms with Crippen LogP contribution in [0.25, 0.3) is 0 Å². The molecule has 8 heteroatoms. The van der Waals surface area contributed by atoms with Crippen molar-refractivity contribution in [3.63, 3.8) is 0 Å². The number of alkyl halides is 6. The zero-order valence-electron chi connectivity index (χ0n) is 9.47. The molecular formula is C12H5F6OS. The van der Waals surface area contributed by atoms with E-state index in [4.69, 9.17) is 4.74 Å². The van der Waals surface area contributed by atoms with Crippen molar-refractivity contribution >= 4 is 11.3 Å². The fraction of sp³-hybridized carbons (Fsp3) is 0.167. The monoisotopic (exact) mass is 311 g/mol. The average Bonchev–Trinajstić information content (AvgIpc) is 2.79. The van der Waals surface area contributed by atoms with Gasteiger partial charge < -0.3 is 4.74 Å². The molecule has 0 fully saturated rings. The second-order valence-electron chi connectivity index (χ2n) is 3.72. The van der Waals surface area contributed by atoms with Gasteiger partial charge in [0, 0.05) is 5.38 Å². The zero-order chi connectivity index (χ0) is 15.0. The Kier molecular flexibility index (Phi) is 3.68.